The van der Waals surface area contributed by atoms with Gasteiger partial charge in [-0.15, -0.1) is 0 Å². The second kappa shape index (κ2) is 12.1. The van der Waals surface area contributed by atoms with Gasteiger partial charge in [0.25, 0.3) is 0 Å². The molecule has 0 heterocycles. The first-order valence-corrected chi connectivity index (χ1v) is 13.4. The van der Waals surface area contributed by atoms with Gasteiger partial charge in [-0.25, -0.2) is 13.2 Å². The van der Waals surface area contributed by atoms with Crippen LogP contribution in [0.4, 0.5) is 4.79 Å². The number of sulfone groups is 1. The minimum Gasteiger partial charge on any atom is -0.444 e. The monoisotopic (exact) mass is 531 g/mol. The lowest BCUT2D eigenvalue weighted by atomic mass is 9.89. The first kappa shape index (κ1) is 29.0. The molecule has 2 aromatic carbocycles. The van der Waals surface area contributed by atoms with Crippen molar-refractivity contribution in [3.05, 3.63) is 88.0 Å². The summed E-state index contributed by atoms with van der Waals surface area (Å²) in [7, 11) is -3.36. The molecule has 0 unspecified atom stereocenters. The molecule has 0 atom stereocenters. The predicted octanol–water partition coefficient (Wildman–Crippen LogP) is 5.17. The minimum atomic E-state index is -3.36. The summed E-state index contributed by atoms with van der Waals surface area (Å²) in [4.78, 5) is 37.0. The van der Waals surface area contributed by atoms with Crippen LogP contribution in [0.15, 0.2) is 60.7 Å². The summed E-state index contributed by atoms with van der Waals surface area (Å²) >= 11 is 6.25. The van der Waals surface area contributed by atoms with Gasteiger partial charge in [0, 0.05) is 23.4 Å². The lowest BCUT2D eigenvalue weighted by Crippen LogP contribution is -2.33. The molecule has 0 spiro atoms. The summed E-state index contributed by atoms with van der Waals surface area (Å²) in [6.45, 7) is 10.7. The lowest BCUT2D eigenvalue weighted by molar-refractivity contribution is -0.104. The van der Waals surface area contributed by atoms with Gasteiger partial charge in [-0.2, -0.15) is 0 Å². The number of benzene rings is 2. The fraction of sp³-hybridized carbons (Fsp3) is 0.296. The van der Waals surface area contributed by atoms with Crippen molar-refractivity contribution in [2.24, 2.45) is 0 Å². The molecular weight excluding hydrogens is 502 g/mol. The quantitative estimate of drug-likeness (QED) is 0.196. The van der Waals surface area contributed by atoms with Crippen molar-refractivity contribution in [3.63, 3.8) is 0 Å². The maximum Gasteiger partial charge on any atom is 0.407 e. The number of allylic oxidation sites excluding steroid dienone is 1. The first-order valence-electron chi connectivity index (χ1n) is 11.2. The molecule has 0 aliphatic heterocycles. The Morgan fingerprint density at radius 1 is 1.08 bits per heavy atom. The van der Waals surface area contributed by atoms with Crippen LogP contribution >= 0.6 is 11.6 Å². The van der Waals surface area contributed by atoms with Crippen LogP contribution in [-0.2, 0) is 25.1 Å². The Morgan fingerprint density at radius 2 is 1.75 bits per heavy atom. The van der Waals surface area contributed by atoms with E-state index in [0.29, 0.717) is 23.0 Å². The van der Waals surface area contributed by atoms with Gasteiger partial charge in [0.1, 0.15) is 11.9 Å². The number of ketones is 1. The van der Waals surface area contributed by atoms with Crippen LogP contribution in [0.25, 0.3) is 5.57 Å². The summed E-state index contributed by atoms with van der Waals surface area (Å²) in [5.41, 5.74) is 1.12. The predicted molar refractivity (Wildman–Crippen MR) is 142 cm³/mol. The van der Waals surface area contributed by atoms with Gasteiger partial charge in [0.15, 0.2) is 15.6 Å². The summed E-state index contributed by atoms with van der Waals surface area (Å²) in [5.74, 6) is -0.667. The Labute approximate surface area is 217 Å². The standard InChI is InChI=1S/C27H30ClNO6S/c1-6-36(33,34)17-19-11-12-21(25(31)22-9-7-8-10-24(22)28)23(15-19)18(2)20(13-14-30)16-29-26(32)35-27(3,4)5/h7-15H,2,6,16-17H2,1,3-5H3,(H,29,32)/b20-13-. The Bertz CT molecular complexity index is 1310. The van der Waals surface area contributed by atoms with Crippen molar-refractivity contribution in [3.8, 4) is 0 Å². The zero-order chi connectivity index (χ0) is 27.1. The van der Waals surface area contributed by atoms with Crippen molar-refractivity contribution in [1.82, 2.24) is 5.32 Å². The van der Waals surface area contributed by atoms with Crippen LogP contribution in [0, 0.1) is 0 Å². The maximum atomic E-state index is 13.4. The number of ether oxygens (including phenoxy) is 1. The number of hydrogen-bond donors (Lipinski definition) is 1. The zero-order valence-corrected chi connectivity index (χ0v) is 22.3. The van der Waals surface area contributed by atoms with E-state index < -0.39 is 27.3 Å². The highest BCUT2D eigenvalue weighted by molar-refractivity contribution is 7.90. The van der Waals surface area contributed by atoms with Crippen LogP contribution in [0.2, 0.25) is 5.02 Å². The molecular formula is C27H30ClNO6S. The van der Waals surface area contributed by atoms with Gasteiger partial charge in [0.2, 0.25) is 0 Å². The molecule has 2 rings (SSSR count). The molecule has 0 radical (unpaired) electrons. The number of carbonyl (C=O) groups is 3. The molecule has 0 aliphatic rings. The lowest BCUT2D eigenvalue weighted by Gasteiger charge is -2.21. The third-order valence-electron chi connectivity index (χ3n) is 5.08. The van der Waals surface area contributed by atoms with Crippen LogP contribution in [0.5, 0.6) is 0 Å². The van der Waals surface area contributed by atoms with E-state index in [-0.39, 0.29) is 39.8 Å². The van der Waals surface area contributed by atoms with Gasteiger partial charge < -0.3 is 10.1 Å². The van der Waals surface area contributed by atoms with E-state index in [2.05, 4.69) is 11.9 Å². The van der Waals surface area contributed by atoms with Crippen LogP contribution < -0.4 is 5.32 Å². The van der Waals surface area contributed by atoms with Gasteiger partial charge in [-0.1, -0.05) is 49.4 Å². The highest BCUT2D eigenvalue weighted by Gasteiger charge is 2.22. The molecule has 0 aliphatic carbocycles. The van der Waals surface area contributed by atoms with Crippen LogP contribution in [0.1, 0.15) is 54.7 Å². The SMILES string of the molecule is C=C(/C(=C\C=O)CNC(=O)OC(C)(C)C)c1cc(CS(=O)(=O)CC)ccc1C(=O)c1ccccc1Cl. The number of nitrogens with one attached hydrogen (secondary N) is 1. The average molecular weight is 532 g/mol. The fourth-order valence-electron chi connectivity index (χ4n) is 3.28. The molecule has 1 amide bonds. The van der Waals surface area contributed by atoms with E-state index in [4.69, 9.17) is 16.3 Å². The van der Waals surface area contributed by atoms with E-state index >= 15 is 0 Å². The van der Waals surface area contributed by atoms with Gasteiger partial charge in [-0.05, 0) is 67.3 Å². The fourth-order valence-corrected chi connectivity index (χ4v) is 4.39. The summed E-state index contributed by atoms with van der Waals surface area (Å²) in [5, 5.41) is 2.83. The van der Waals surface area contributed by atoms with Gasteiger partial charge >= 0.3 is 6.09 Å². The van der Waals surface area contributed by atoms with Crippen molar-refractivity contribution in [1.29, 1.82) is 0 Å². The Kier molecular flexibility index (Phi) is 9.78. The number of rotatable bonds is 10. The number of hydrogen-bond acceptors (Lipinski definition) is 6. The van der Waals surface area contributed by atoms with E-state index in [1.165, 1.54) is 12.1 Å². The Hall–Kier alpha value is -3.23. The van der Waals surface area contributed by atoms with Crippen molar-refractivity contribution in [2.75, 3.05) is 12.3 Å². The van der Waals surface area contributed by atoms with Crippen molar-refractivity contribution < 1.29 is 27.5 Å². The molecule has 7 nitrogen and oxygen atoms in total. The molecule has 1 N–H and O–H groups in total. The van der Waals surface area contributed by atoms with E-state index in [1.807, 2.05) is 0 Å². The van der Waals surface area contributed by atoms with Crippen LogP contribution in [-0.4, -0.2) is 44.5 Å². The third kappa shape index (κ3) is 8.17. The molecule has 36 heavy (non-hydrogen) atoms. The second-order valence-electron chi connectivity index (χ2n) is 9.03. The highest BCUT2D eigenvalue weighted by atomic mass is 35.5. The Balaban J connectivity index is 2.54. The van der Waals surface area contributed by atoms with E-state index in [0.717, 1.165) is 0 Å². The Morgan fingerprint density at radius 3 is 2.33 bits per heavy atom. The summed E-state index contributed by atoms with van der Waals surface area (Å²) in [6, 6.07) is 11.2. The zero-order valence-electron chi connectivity index (χ0n) is 20.8. The topological polar surface area (TPSA) is 107 Å². The molecule has 192 valence electrons. The largest absolute Gasteiger partial charge is 0.444 e. The summed E-state index contributed by atoms with van der Waals surface area (Å²) < 4.78 is 29.7. The summed E-state index contributed by atoms with van der Waals surface area (Å²) in [6.07, 6.45) is 1.07. The molecule has 0 saturated heterocycles. The number of halogens is 1. The number of alkyl carbamates (subject to hydrolysis) is 1. The molecule has 0 fully saturated rings. The second-order valence-corrected chi connectivity index (χ2v) is 11.8. The molecule has 9 heteroatoms. The van der Waals surface area contributed by atoms with Crippen molar-refractivity contribution in [2.45, 2.75) is 39.0 Å². The number of amides is 1. The highest BCUT2D eigenvalue weighted by Crippen LogP contribution is 2.30. The molecule has 0 bridgehead atoms. The average Bonchev–Trinajstić information content (AvgIpc) is 2.80. The van der Waals surface area contributed by atoms with Crippen molar-refractivity contribution >= 4 is 45.2 Å². The normalized spacial score (nSPS) is 12.1. The molecule has 0 aromatic heterocycles. The smallest absolute Gasteiger partial charge is 0.407 e. The maximum absolute atomic E-state index is 13.4. The first-order chi connectivity index (χ1) is 16.8. The minimum absolute atomic E-state index is 0.0420. The number of aldehydes is 1. The van der Waals surface area contributed by atoms with Gasteiger partial charge in [-0.3, -0.25) is 9.59 Å². The van der Waals surface area contributed by atoms with Crippen LogP contribution in [0.3, 0.4) is 0 Å². The molecule has 0 saturated carbocycles. The van der Waals surface area contributed by atoms with Gasteiger partial charge in [0.05, 0.1) is 10.8 Å². The number of carbonyl (C=O) groups excluding carboxylic acids is 3. The van der Waals surface area contributed by atoms with E-state index in [1.54, 1.807) is 64.1 Å². The van der Waals surface area contributed by atoms with E-state index in [9.17, 15) is 22.8 Å². The third-order valence-corrected chi connectivity index (χ3v) is 7.06. The molecule has 2 aromatic rings.